The Labute approximate surface area is 102 Å². The Morgan fingerprint density at radius 3 is 2.19 bits per heavy atom. The van der Waals surface area contributed by atoms with Crippen LogP contribution >= 0.6 is 0 Å². The number of nitrogens with one attached hydrogen (secondary N) is 1. The summed E-state index contributed by atoms with van der Waals surface area (Å²) in [5.74, 6) is 0.955. The highest BCUT2D eigenvalue weighted by Gasteiger charge is 2.19. The summed E-state index contributed by atoms with van der Waals surface area (Å²) in [6.45, 7) is 12.7. The highest BCUT2D eigenvalue weighted by Crippen LogP contribution is 2.23. The molecule has 2 nitrogen and oxygen atoms in total. The topological polar surface area (TPSA) is 15.3 Å². The molecule has 0 saturated heterocycles. The number of hydrogen-bond acceptors (Lipinski definition) is 2. The van der Waals surface area contributed by atoms with E-state index >= 15 is 0 Å². The maximum atomic E-state index is 3.80. The zero-order chi connectivity index (χ0) is 12.0. The lowest BCUT2D eigenvalue weighted by Gasteiger charge is -2.31. The van der Waals surface area contributed by atoms with Crippen molar-refractivity contribution in [2.75, 3.05) is 19.6 Å². The third-order valence-electron chi connectivity index (χ3n) is 3.96. The molecular formula is C14H30N2. The van der Waals surface area contributed by atoms with Gasteiger partial charge in [-0.2, -0.15) is 0 Å². The van der Waals surface area contributed by atoms with Gasteiger partial charge in [0, 0.05) is 18.6 Å². The van der Waals surface area contributed by atoms with Gasteiger partial charge in [-0.3, -0.25) is 0 Å². The first-order valence-electron chi connectivity index (χ1n) is 7.14. The molecule has 1 aliphatic rings. The Morgan fingerprint density at radius 1 is 1.12 bits per heavy atom. The lowest BCUT2D eigenvalue weighted by atomic mass is 9.87. The molecule has 1 rings (SSSR count). The normalized spacial score (nSPS) is 28.3. The molecule has 96 valence electrons. The van der Waals surface area contributed by atoms with Crippen LogP contribution in [0, 0.1) is 5.92 Å². The van der Waals surface area contributed by atoms with E-state index in [1.54, 1.807) is 0 Å². The zero-order valence-corrected chi connectivity index (χ0v) is 11.6. The summed E-state index contributed by atoms with van der Waals surface area (Å²) in [6.07, 6.45) is 5.58. The molecule has 1 saturated carbocycles. The van der Waals surface area contributed by atoms with Crippen molar-refractivity contribution in [1.29, 1.82) is 0 Å². The number of rotatable bonds is 6. The van der Waals surface area contributed by atoms with Crippen molar-refractivity contribution in [1.82, 2.24) is 10.2 Å². The second-order valence-corrected chi connectivity index (χ2v) is 5.51. The van der Waals surface area contributed by atoms with E-state index in [0.717, 1.165) is 12.0 Å². The lowest BCUT2D eigenvalue weighted by molar-refractivity contribution is 0.236. The van der Waals surface area contributed by atoms with Crippen molar-refractivity contribution in [2.24, 2.45) is 5.92 Å². The smallest absolute Gasteiger partial charge is 0.0169 e. The SMILES string of the molecule is CCN(CC)CC(C)NC1CCC(C)CC1. The molecule has 0 radical (unpaired) electrons. The molecule has 16 heavy (non-hydrogen) atoms. The Balaban J connectivity index is 2.20. The van der Waals surface area contributed by atoms with Gasteiger partial charge >= 0.3 is 0 Å². The van der Waals surface area contributed by atoms with Crippen molar-refractivity contribution in [3.63, 3.8) is 0 Å². The summed E-state index contributed by atoms with van der Waals surface area (Å²) in [4.78, 5) is 2.50. The molecule has 1 unspecified atom stereocenters. The van der Waals surface area contributed by atoms with Crippen molar-refractivity contribution in [3.05, 3.63) is 0 Å². The second-order valence-electron chi connectivity index (χ2n) is 5.51. The molecule has 0 amide bonds. The zero-order valence-electron chi connectivity index (χ0n) is 11.6. The number of hydrogen-bond donors (Lipinski definition) is 1. The Kier molecular flexibility index (Phi) is 6.37. The summed E-state index contributed by atoms with van der Waals surface area (Å²) in [5.41, 5.74) is 0. The molecular weight excluding hydrogens is 196 g/mol. The molecule has 0 spiro atoms. The van der Waals surface area contributed by atoms with Crippen LogP contribution in [0.2, 0.25) is 0 Å². The lowest BCUT2D eigenvalue weighted by Crippen LogP contribution is -2.45. The minimum atomic E-state index is 0.637. The van der Waals surface area contributed by atoms with Crippen LogP contribution in [0.4, 0.5) is 0 Å². The van der Waals surface area contributed by atoms with Gasteiger partial charge in [0.2, 0.25) is 0 Å². The molecule has 0 aliphatic heterocycles. The van der Waals surface area contributed by atoms with Crippen LogP contribution in [0.1, 0.15) is 53.4 Å². The summed E-state index contributed by atoms with van der Waals surface area (Å²) in [5, 5.41) is 3.80. The van der Waals surface area contributed by atoms with Crippen molar-refractivity contribution in [3.8, 4) is 0 Å². The quantitative estimate of drug-likeness (QED) is 0.749. The molecule has 0 aromatic rings. The van der Waals surface area contributed by atoms with Crippen LogP contribution in [0.25, 0.3) is 0 Å². The van der Waals surface area contributed by atoms with Gasteiger partial charge in [0.1, 0.15) is 0 Å². The van der Waals surface area contributed by atoms with Crippen LogP contribution in [-0.4, -0.2) is 36.6 Å². The maximum Gasteiger partial charge on any atom is 0.0169 e. The molecule has 0 aromatic carbocycles. The highest BCUT2D eigenvalue weighted by molar-refractivity contribution is 4.78. The second kappa shape index (κ2) is 7.29. The average molecular weight is 226 g/mol. The number of likely N-dealkylation sites (N-methyl/N-ethyl adjacent to an activating group) is 1. The predicted octanol–water partition coefficient (Wildman–Crippen LogP) is 2.89. The summed E-state index contributed by atoms with van der Waals surface area (Å²) in [6, 6.07) is 1.42. The average Bonchev–Trinajstić information content (AvgIpc) is 2.29. The Morgan fingerprint density at radius 2 is 1.69 bits per heavy atom. The van der Waals surface area contributed by atoms with Crippen molar-refractivity contribution in [2.45, 2.75) is 65.5 Å². The monoisotopic (exact) mass is 226 g/mol. The van der Waals surface area contributed by atoms with Gasteiger partial charge < -0.3 is 10.2 Å². The standard InChI is InChI=1S/C14H30N2/c1-5-16(6-2)11-13(4)15-14-9-7-12(3)8-10-14/h12-15H,5-11H2,1-4H3. The van der Waals surface area contributed by atoms with Crippen LogP contribution < -0.4 is 5.32 Å². The summed E-state index contributed by atoms with van der Waals surface area (Å²) >= 11 is 0. The highest BCUT2D eigenvalue weighted by atomic mass is 15.1. The van der Waals surface area contributed by atoms with Crippen LogP contribution in [0.5, 0.6) is 0 Å². The molecule has 1 fully saturated rings. The molecule has 0 aromatic heterocycles. The van der Waals surface area contributed by atoms with Crippen LogP contribution in [-0.2, 0) is 0 Å². The molecule has 0 bridgehead atoms. The fourth-order valence-electron chi connectivity index (χ4n) is 2.75. The molecule has 1 N–H and O–H groups in total. The van der Waals surface area contributed by atoms with E-state index in [-0.39, 0.29) is 0 Å². The van der Waals surface area contributed by atoms with E-state index in [0.29, 0.717) is 6.04 Å². The van der Waals surface area contributed by atoms with Crippen molar-refractivity contribution >= 4 is 0 Å². The van der Waals surface area contributed by atoms with Gasteiger partial charge in [0.05, 0.1) is 0 Å². The van der Waals surface area contributed by atoms with Crippen LogP contribution in [0.3, 0.4) is 0 Å². The first-order chi connectivity index (χ1) is 7.65. The molecule has 1 atom stereocenters. The number of nitrogens with zero attached hydrogens (tertiary/aromatic N) is 1. The summed E-state index contributed by atoms with van der Waals surface area (Å²) in [7, 11) is 0. The molecule has 0 heterocycles. The van der Waals surface area contributed by atoms with Gasteiger partial charge in [-0.05, 0) is 51.6 Å². The van der Waals surface area contributed by atoms with E-state index in [1.165, 1.54) is 45.3 Å². The van der Waals surface area contributed by atoms with E-state index in [9.17, 15) is 0 Å². The van der Waals surface area contributed by atoms with Gasteiger partial charge in [0.15, 0.2) is 0 Å². The predicted molar refractivity (Wildman–Crippen MR) is 71.8 cm³/mol. The van der Waals surface area contributed by atoms with Gasteiger partial charge in [-0.15, -0.1) is 0 Å². The Bertz CT molecular complexity index is 170. The fourth-order valence-corrected chi connectivity index (χ4v) is 2.75. The maximum absolute atomic E-state index is 3.80. The van der Waals surface area contributed by atoms with E-state index in [4.69, 9.17) is 0 Å². The molecule has 2 heteroatoms. The summed E-state index contributed by atoms with van der Waals surface area (Å²) < 4.78 is 0. The third kappa shape index (κ3) is 4.84. The van der Waals surface area contributed by atoms with Gasteiger partial charge in [-0.25, -0.2) is 0 Å². The van der Waals surface area contributed by atoms with E-state index in [2.05, 4.69) is 37.9 Å². The first kappa shape index (κ1) is 14.0. The largest absolute Gasteiger partial charge is 0.310 e. The minimum Gasteiger partial charge on any atom is -0.310 e. The minimum absolute atomic E-state index is 0.637. The van der Waals surface area contributed by atoms with Crippen LogP contribution in [0.15, 0.2) is 0 Å². The van der Waals surface area contributed by atoms with Gasteiger partial charge in [-0.1, -0.05) is 20.8 Å². The van der Waals surface area contributed by atoms with Crippen molar-refractivity contribution < 1.29 is 0 Å². The first-order valence-corrected chi connectivity index (χ1v) is 7.14. The van der Waals surface area contributed by atoms with E-state index < -0.39 is 0 Å². The third-order valence-corrected chi connectivity index (χ3v) is 3.96. The van der Waals surface area contributed by atoms with Gasteiger partial charge in [0.25, 0.3) is 0 Å². The fraction of sp³-hybridized carbons (Fsp3) is 1.00. The molecule has 1 aliphatic carbocycles. The van der Waals surface area contributed by atoms with E-state index in [1.807, 2.05) is 0 Å². The Hall–Kier alpha value is -0.0800.